The van der Waals surface area contributed by atoms with Crippen molar-refractivity contribution in [2.24, 2.45) is 10.7 Å². The monoisotopic (exact) mass is 99.1 g/mol. The van der Waals surface area contributed by atoms with Gasteiger partial charge in [0.25, 0.3) is 0 Å². The summed E-state index contributed by atoms with van der Waals surface area (Å²) in [7, 11) is 0. The van der Waals surface area contributed by atoms with Crippen molar-refractivity contribution in [2.75, 3.05) is 13.1 Å². The fourth-order valence-corrected chi connectivity index (χ4v) is 0.521. The van der Waals surface area contributed by atoms with Crippen LogP contribution in [0.25, 0.3) is 0 Å². The van der Waals surface area contributed by atoms with E-state index in [1.807, 2.05) is 0 Å². The normalized spacial score (nSPS) is 29.6. The van der Waals surface area contributed by atoms with Crippen molar-refractivity contribution in [3.05, 3.63) is 0 Å². The van der Waals surface area contributed by atoms with Gasteiger partial charge in [0.15, 0.2) is 0 Å². The lowest BCUT2D eigenvalue weighted by Crippen LogP contribution is -2.39. The molecule has 0 aromatic rings. The highest BCUT2D eigenvalue weighted by Crippen LogP contribution is 1.80. The van der Waals surface area contributed by atoms with Crippen molar-refractivity contribution < 1.29 is 0 Å². The predicted octanol–water partition coefficient (Wildman–Crippen LogP) is -1.05. The summed E-state index contributed by atoms with van der Waals surface area (Å²) in [6, 6.07) is 0.227. The molecule has 1 aliphatic rings. The minimum atomic E-state index is 0.227. The molecule has 0 spiro atoms. The molecule has 0 aromatic heterocycles. The van der Waals surface area contributed by atoms with E-state index in [0.29, 0.717) is 0 Å². The van der Waals surface area contributed by atoms with Gasteiger partial charge in [-0.2, -0.15) is 0 Å². The van der Waals surface area contributed by atoms with Crippen LogP contribution in [-0.4, -0.2) is 25.5 Å². The van der Waals surface area contributed by atoms with Crippen LogP contribution in [0.3, 0.4) is 0 Å². The Morgan fingerprint density at radius 2 is 2.71 bits per heavy atom. The molecule has 0 saturated heterocycles. The van der Waals surface area contributed by atoms with E-state index in [0.717, 1.165) is 13.1 Å². The van der Waals surface area contributed by atoms with Gasteiger partial charge in [-0.05, 0) is 0 Å². The largest absolute Gasteiger partial charge is 0.375 e. The Labute approximate surface area is 42.6 Å². The first kappa shape index (κ1) is 4.59. The maximum absolute atomic E-state index is 5.46. The Morgan fingerprint density at radius 3 is 3.00 bits per heavy atom. The Balaban J connectivity index is 2.32. The first-order chi connectivity index (χ1) is 3.39. The standard InChI is InChI=1S/C4H9N3/c5-4-1-6-3-7-2-4/h3-4H,1-2,5H2,(H,6,7). The molecule has 0 aliphatic carbocycles. The molecule has 0 bridgehead atoms. The molecule has 40 valence electrons. The molecule has 7 heavy (non-hydrogen) atoms. The minimum absolute atomic E-state index is 0.227. The third kappa shape index (κ3) is 1.16. The molecule has 0 radical (unpaired) electrons. The highest BCUT2D eigenvalue weighted by Gasteiger charge is 2.00. The Kier molecular flexibility index (Phi) is 1.26. The molecule has 1 atom stereocenters. The van der Waals surface area contributed by atoms with E-state index in [-0.39, 0.29) is 6.04 Å². The SMILES string of the molecule is NC1CN=CNC1. The smallest absolute Gasteiger partial charge is 0.0825 e. The molecule has 1 unspecified atom stereocenters. The molecule has 3 nitrogen and oxygen atoms in total. The topological polar surface area (TPSA) is 50.4 Å². The summed E-state index contributed by atoms with van der Waals surface area (Å²) in [5, 5.41) is 2.92. The van der Waals surface area contributed by atoms with Gasteiger partial charge in [-0.3, -0.25) is 4.99 Å². The fraction of sp³-hybridized carbons (Fsp3) is 0.750. The van der Waals surface area contributed by atoms with Gasteiger partial charge in [0.1, 0.15) is 0 Å². The van der Waals surface area contributed by atoms with E-state index >= 15 is 0 Å². The van der Waals surface area contributed by atoms with Crippen LogP contribution >= 0.6 is 0 Å². The van der Waals surface area contributed by atoms with Gasteiger partial charge in [-0.1, -0.05) is 0 Å². The summed E-state index contributed by atoms with van der Waals surface area (Å²) >= 11 is 0. The fourth-order valence-electron chi connectivity index (χ4n) is 0.521. The first-order valence-electron chi connectivity index (χ1n) is 2.37. The number of aliphatic imine (C=N–C) groups is 1. The molecule has 0 fully saturated rings. The van der Waals surface area contributed by atoms with Crippen LogP contribution in [0.1, 0.15) is 0 Å². The minimum Gasteiger partial charge on any atom is -0.375 e. The van der Waals surface area contributed by atoms with Crippen molar-refractivity contribution in [3.63, 3.8) is 0 Å². The molecule has 0 saturated carbocycles. The van der Waals surface area contributed by atoms with E-state index in [2.05, 4.69) is 10.3 Å². The molecular weight excluding hydrogens is 90.1 g/mol. The van der Waals surface area contributed by atoms with E-state index in [9.17, 15) is 0 Å². The summed E-state index contributed by atoms with van der Waals surface area (Å²) in [4.78, 5) is 3.90. The van der Waals surface area contributed by atoms with Crippen LogP contribution in [0.15, 0.2) is 4.99 Å². The van der Waals surface area contributed by atoms with Crippen molar-refractivity contribution in [2.45, 2.75) is 6.04 Å². The number of rotatable bonds is 0. The first-order valence-corrected chi connectivity index (χ1v) is 2.37. The van der Waals surface area contributed by atoms with Gasteiger partial charge in [-0.15, -0.1) is 0 Å². The van der Waals surface area contributed by atoms with Gasteiger partial charge >= 0.3 is 0 Å². The maximum Gasteiger partial charge on any atom is 0.0825 e. The lowest BCUT2D eigenvalue weighted by atomic mass is 10.3. The summed E-state index contributed by atoms with van der Waals surface area (Å²) in [6.45, 7) is 1.64. The zero-order valence-corrected chi connectivity index (χ0v) is 4.09. The van der Waals surface area contributed by atoms with E-state index in [1.165, 1.54) is 0 Å². The number of hydrogen-bond donors (Lipinski definition) is 2. The second kappa shape index (κ2) is 1.93. The van der Waals surface area contributed by atoms with Crippen molar-refractivity contribution in [1.29, 1.82) is 0 Å². The lowest BCUT2D eigenvalue weighted by Gasteiger charge is -2.11. The Hall–Kier alpha value is -0.570. The van der Waals surface area contributed by atoms with Gasteiger partial charge < -0.3 is 11.1 Å². The van der Waals surface area contributed by atoms with Crippen molar-refractivity contribution in [3.8, 4) is 0 Å². The second-order valence-electron chi connectivity index (χ2n) is 1.66. The van der Waals surface area contributed by atoms with Crippen LogP contribution in [0.5, 0.6) is 0 Å². The summed E-state index contributed by atoms with van der Waals surface area (Å²) in [5.41, 5.74) is 5.46. The van der Waals surface area contributed by atoms with Gasteiger partial charge in [0.2, 0.25) is 0 Å². The second-order valence-corrected chi connectivity index (χ2v) is 1.66. The zero-order chi connectivity index (χ0) is 5.11. The number of nitrogens with two attached hydrogens (primary N) is 1. The van der Waals surface area contributed by atoms with Crippen LogP contribution in [0.2, 0.25) is 0 Å². The summed E-state index contributed by atoms with van der Waals surface area (Å²) in [5.74, 6) is 0. The Bertz CT molecular complexity index is 79.0. The quantitative estimate of drug-likeness (QED) is 0.407. The molecule has 0 amide bonds. The highest BCUT2D eigenvalue weighted by molar-refractivity contribution is 5.55. The van der Waals surface area contributed by atoms with Crippen molar-refractivity contribution in [1.82, 2.24) is 5.32 Å². The van der Waals surface area contributed by atoms with Crippen LogP contribution in [0, 0.1) is 0 Å². The van der Waals surface area contributed by atoms with Crippen LogP contribution in [-0.2, 0) is 0 Å². The van der Waals surface area contributed by atoms with E-state index in [4.69, 9.17) is 5.73 Å². The average Bonchev–Trinajstić information content (AvgIpc) is 1.69. The van der Waals surface area contributed by atoms with E-state index in [1.54, 1.807) is 6.34 Å². The predicted molar refractivity (Wildman–Crippen MR) is 29.3 cm³/mol. The highest BCUT2D eigenvalue weighted by atomic mass is 15.0. The molecule has 1 heterocycles. The van der Waals surface area contributed by atoms with E-state index < -0.39 is 0 Å². The molecule has 0 aromatic carbocycles. The molecule has 1 aliphatic heterocycles. The maximum atomic E-state index is 5.46. The zero-order valence-electron chi connectivity index (χ0n) is 4.09. The molecule has 3 N–H and O–H groups in total. The summed E-state index contributed by atoms with van der Waals surface area (Å²) < 4.78 is 0. The van der Waals surface area contributed by atoms with Gasteiger partial charge in [-0.25, -0.2) is 0 Å². The average molecular weight is 99.1 g/mol. The third-order valence-electron chi connectivity index (χ3n) is 0.903. The molecule has 3 heteroatoms. The third-order valence-corrected chi connectivity index (χ3v) is 0.903. The number of nitrogens with zero attached hydrogens (tertiary/aromatic N) is 1. The molecular formula is C4H9N3. The summed E-state index contributed by atoms with van der Waals surface area (Å²) in [6.07, 6.45) is 1.70. The van der Waals surface area contributed by atoms with Crippen LogP contribution in [0.4, 0.5) is 0 Å². The van der Waals surface area contributed by atoms with Gasteiger partial charge in [0, 0.05) is 12.6 Å². The molecule has 1 rings (SSSR count). The number of hydrogen-bond acceptors (Lipinski definition) is 3. The Morgan fingerprint density at radius 1 is 1.86 bits per heavy atom. The number of nitrogens with one attached hydrogen (secondary N) is 1. The lowest BCUT2D eigenvalue weighted by molar-refractivity contribution is 0.636. The van der Waals surface area contributed by atoms with Crippen molar-refractivity contribution >= 4 is 6.34 Å². The van der Waals surface area contributed by atoms with Crippen LogP contribution < -0.4 is 11.1 Å². The van der Waals surface area contributed by atoms with Gasteiger partial charge in [0.05, 0.1) is 12.9 Å².